The van der Waals surface area contributed by atoms with Crippen LogP contribution in [0.5, 0.6) is 0 Å². The minimum Gasteiger partial charge on any atom is -0.391 e. The average molecular weight is 327 g/mol. The lowest BCUT2D eigenvalue weighted by atomic mass is 9.84. The van der Waals surface area contributed by atoms with E-state index in [0.29, 0.717) is 12.3 Å². The summed E-state index contributed by atoms with van der Waals surface area (Å²) < 4.78 is 1.89. The summed E-state index contributed by atoms with van der Waals surface area (Å²) in [5.74, 6) is 1.49. The number of aromatic nitrogens is 2. The Hall–Kier alpha value is -0.560. The van der Waals surface area contributed by atoms with Crippen LogP contribution in [-0.4, -0.2) is 37.7 Å². The van der Waals surface area contributed by atoms with E-state index < -0.39 is 6.10 Å². The number of aliphatic hydroxyl groups excluding tert-OH is 2. The van der Waals surface area contributed by atoms with E-state index in [1.165, 1.54) is 32.1 Å². The Kier molecular flexibility index (Phi) is 7.21. The van der Waals surface area contributed by atoms with Crippen molar-refractivity contribution in [3.05, 3.63) is 11.9 Å². The van der Waals surface area contributed by atoms with Crippen LogP contribution in [0, 0.1) is 5.92 Å². The molecule has 126 valence electrons. The summed E-state index contributed by atoms with van der Waals surface area (Å²) in [4.78, 5) is 4.27. The molecule has 1 aliphatic rings. The van der Waals surface area contributed by atoms with Crippen LogP contribution in [-0.2, 0) is 13.7 Å². The molecule has 5 nitrogen and oxygen atoms in total. The quantitative estimate of drug-likeness (QED) is 0.636. The van der Waals surface area contributed by atoms with Gasteiger partial charge >= 0.3 is 0 Å². The van der Waals surface area contributed by atoms with Crippen molar-refractivity contribution in [3.8, 4) is 0 Å². The zero-order valence-electron chi connectivity index (χ0n) is 13.4. The first-order valence-electron chi connectivity index (χ1n) is 8.29. The minimum absolute atomic E-state index is 0.00104. The summed E-state index contributed by atoms with van der Waals surface area (Å²) in [5.41, 5.74) is 6.97. The molecule has 2 rings (SSSR count). The fourth-order valence-corrected chi connectivity index (χ4v) is 4.14. The van der Waals surface area contributed by atoms with Gasteiger partial charge in [-0.25, -0.2) is 4.98 Å². The van der Waals surface area contributed by atoms with Crippen LogP contribution < -0.4 is 5.73 Å². The van der Waals surface area contributed by atoms with Gasteiger partial charge in [-0.05, 0) is 18.8 Å². The van der Waals surface area contributed by atoms with Crippen LogP contribution in [0.2, 0.25) is 0 Å². The van der Waals surface area contributed by atoms with Crippen molar-refractivity contribution in [3.63, 3.8) is 0 Å². The maximum Gasteiger partial charge on any atom is 0.167 e. The molecule has 1 aromatic rings. The Morgan fingerprint density at radius 1 is 1.41 bits per heavy atom. The predicted octanol–water partition coefficient (Wildman–Crippen LogP) is 2.05. The van der Waals surface area contributed by atoms with Crippen LogP contribution in [0.3, 0.4) is 0 Å². The number of rotatable bonds is 8. The highest BCUT2D eigenvalue weighted by Crippen LogP contribution is 2.28. The molecule has 1 aliphatic carbocycles. The largest absolute Gasteiger partial charge is 0.391 e. The van der Waals surface area contributed by atoms with Crippen molar-refractivity contribution in [2.75, 3.05) is 5.75 Å². The summed E-state index contributed by atoms with van der Waals surface area (Å²) in [5, 5.41) is 20.3. The van der Waals surface area contributed by atoms with E-state index in [-0.39, 0.29) is 12.6 Å². The van der Waals surface area contributed by atoms with E-state index in [1.807, 2.05) is 11.6 Å². The van der Waals surface area contributed by atoms with E-state index in [2.05, 4.69) is 4.98 Å². The Labute approximate surface area is 137 Å². The van der Waals surface area contributed by atoms with Crippen LogP contribution in [0.1, 0.15) is 50.6 Å². The van der Waals surface area contributed by atoms with Crippen molar-refractivity contribution < 1.29 is 10.2 Å². The summed E-state index contributed by atoms with van der Waals surface area (Å²) >= 11 is 1.60. The molecular weight excluding hydrogens is 298 g/mol. The minimum atomic E-state index is -0.438. The monoisotopic (exact) mass is 327 g/mol. The summed E-state index contributed by atoms with van der Waals surface area (Å²) in [6, 6.07) is -0.113. The molecule has 1 aromatic heterocycles. The van der Waals surface area contributed by atoms with E-state index >= 15 is 0 Å². The highest BCUT2D eigenvalue weighted by atomic mass is 32.2. The van der Waals surface area contributed by atoms with Crippen LogP contribution >= 0.6 is 11.8 Å². The van der Waals surface area contributed by atoms with Crippen molar-refractivity contribution in [1.82, 2.24) is 9.55 Å². The van der Waals surface area contributed by atoms with Gasteiger partial charge in [-0.3, -0.25) is 0 Å². The topological polar surface area (TPSA) is 84.3 Å². The maximum absolute atomic E-state index is 10.2. The van der Waals surface area contributed by atoms with E-state index in [0.717, 1.165) is 23.0 Å². The zero-order valence-corrected chi connectivity index (χ0v) is 14.3. The lowest BCUT2D eigenvalue weighted by Gasteiger charge is -2.27. The van der Waals surface area contributed by atoms with Gasteiger partial charge < -0.3 is 20.5 Å². The molecular formula is C16H29N3O2S. The maximum atomic E-state index is 10.2. The van der Waals surface area contributed by atoms with Gasteiger partial charge in [-0.15, -0.1) is 0 Å². The van der Waals surface area contributed by atoms with Gasteiger partial charge in [0.2, 0.25) is 0 Å². The standard InChI is InChI=1S/C16H29N3O2S/c1-19-13(11-20)10-18-16(19)22-8-7-15(21)14(17)9-12-5-3-2-4-6-12/h10,12,14-15,20-21H,2-9,11,17H2,1H3/t14-,15-/m0/s1. The van der Waals surface area contributed by atoms with Gasteiger partial charge in [0, 0.05) is 18.8 Å². The number of thioether (sulfide) groups is 1. The van der Waals surface area contributed by atoms with Gasteiger partial charge in [0.05, 0.1) is 24.6 Å². The first kappa shape index (κ1) is 17.8. The smallest absolute Gasteiger partial charge is 0.167 e. The lowest BCUT2D eigenvalue weighted by Crippen LogP contribution is -2.37. The van der Waals surface area contributed by atoms with Crippen molar-refractivity contribution >= 4 is 11.8 Å². The first-order chi connectivity index (χ1) is 10.6. The molecule has 0 saturated heterocycles. The second kappa shape index (κ2) is 8.91. The number of imidazole rings is 1. The summed E-state index contributed by atoms with van der Waals surface area (Å²) in [6.07, 6.45) is 9.40. The van der Waals surface area contributed by atoms with Gasteiger partial charge in [-0.2, -0.15) is 0 Å². The SMILES string of the molecule is Cn1c(CO)cnc1SCC[C@H](O)[C@@H](N)CC1CCCCC1. The molecule has 22 heavy (non-hydrogen) atoms. The van der Waals surface area contributed by atoms with E-state index in [4.69, 9.17) is 10.8 Å². The Bertz CT molecular complexity index is 447. The van der Waals surface area contributed by atoms with Crippen LogP contribution in [0.4, 0.5) is 0 Å². The summed E-state index contributed by atoms with van der Waals surface area (Å²) in [7, 11) is 1.89. The molecule has 6 heteroatoms. The highest BCUT2D eigenvalue weighted by Gasteiger charge is 2.21. The molecule has 0 aliphatic heterocycles. The van der Waals surface area contributed by atoms with Crippen LogP contribution in [0.15, 0.2) is 11.4 Å². The zero-order chi connectivity index (χ0) is 15.9. The normalized spacial score (nSPS) is 19.3. The Morgan fingerprint density at radius 2 is 2.14 bits per heavy atom. The molecule has 0 spiro atoms. The second-order valence-corrected chi connectivity index (χ2v) is 7.42. The van der Waals surface area contributed by atoms with Crippen LogP contribution in [0.25, 0.3) is 0 Å². The molecule has 0 aromatic carbocycles. The molecule has 0 unspecified atom stereocenters. The number of aliphatic hydroxyl groups is 2. The first-order valence-corrected chi connectivity index (χ1v) is 9.28. The predicted molar refractivity (Wildman–Crippen MR) is 89.6 cm³/mol. The third-order valence-electron chi connectivity index (χ3n) is 4.67. The fraction of sp³-hybridized carbons (Fsp3) is 0.812. The molecule has 1 heterocycles. The van der Waals surface area contributed by atoms with Gasteiger partial charge in [0.1, 0.15) is 0 Å². The molecule has 4 N–H and O–H groups in total. The molecule has 0 bridgehead atoms. The fourth-order valence-electron chi connectivity index (χ4n) is 3.16. The lowest BCUT2D eigenvalue weighted by molar-refractivity contribution is 0.124. The third kappa shape index (κ3) is 4.98. The number of hydrogen-bond donors (Lipinski definition) is 3. The van der Waals surface area contributed by atoms with E-state index in [1.54, 1.807) is 18.0 Å². The Balaban J connectivity index is 1.69. The number of hydrogen-bond acceptors (Lipinski definition) is 5. The van der Waals surface area contributed by atoms with Crippen molar-refractivity contribution in [1.29, 1.82) is 0 Å². The second-order valence-electron chi connectivity index (χ2n) is 6.36. The van der Waals surface area contributed by atoms with Gasteiger partial charge in [0.15, 0.2) is 5.16 Å². The third-order valence-corrected chi connectivity index (χ3v) is 5.75. The van der Waals surface area contributed by atoms with Crippen molar-refractivity contribution in [2.45, 2.75) is 68.9 Å². The average Bonchev–Trinajstić information content (AvgIpc) is 2.88. The van der Waals surface area contributed by atoms with Gasteiger partial charge in [-0.1, -0.05) is 43.9 Å². The molecule has 1 saturated carbocycles. The molecule has 1 fully saturated rings. The van der Waals surface area contributed by atoms with Gasteiger partial charge in [0.25, 0.3) is 0 Å². The number of nitrogens with zero attached hydrogens (tertiary/aromatic N) is 2. The van der Waals surface area contributed by atoms with E-state index in [9.17, 15) is 5.11 Å². The molecule has 0 amide bonds. The number of nitrogens with two attached hydrogens (primary N) is 1. The summed E-state index contributed by atoms with van der Waals surface area (Å²) in [6.45, 7) is -0.00104. The Morgan fingerprint density at radius 3 is 2.77 bits per heavy atom. The molecule has 2 atom stereocenters. The van der Waals surface area contributed by atoms with Crippen molar-refractivity contribution in [2.24, 2.45) is 18.7 Å². The highest BCUT2D eigenvalue weighted by molar-refractivity contribution is 7.99. The molecule has 0 radical (unpaired) electrons.